The number of hydrogen-bond acceptors (Lipinski definition) is 5. The van der Waals surface area contributed by atoms with Gasteiger partial charge in [0.05, 0.1) is 16.9 Å². The number of carbonyl (C=O) groups is 3. The van der Waals surface area contributed by atoms with Crippen molar-refractivity contribution >= 4 is 39.3 Å². The fourth-order valence-electron chi connectivity index (χ4n) is 2.30. The molecule has 0 aliphatic heterocycles. The lowest BCUT2D eigenvalue weighted by Gasteiger charge is -2.13. The van der Waals surface area contributed by atoms with Crippen molar-refractivity contribution in [3.05, 3.63) is 45.4 Å². The van der Waals surface area contributed by atoms with E-state index in [9.17, 15) is 18.8 Å². The highest BCUT2D eigenvalue weighted by molar-refractivity contribution is 9.10. The van der Waals surface area contributed by atoms with Gasteiger partial charge in [0.15, 0.2) is 6.10 Å². The number of Topliss-reactive ketones (excluding diaryl/α,β-unsaturated/α-hetero) is 1. The molecule has 1 unspecified atom stereocenters. The lowest BCUT2D eigenvalue weighted by Crippen LogP contribution is -2.33. The van der Waals surface area contributed by atoms with Crippen LogP contribution in [0.5, 0.6) is 0 Å². The predicted octanol–water partition coefficient (Wildman–Crippen LogP) is 2.69. The third-order valence-corrected chi connectivity index (χ3v) is 4.26. The number of carbonyl (C=O) groups excluding carboxylic acids is 3. The maximum Gasteiger partial charge on any atom is 0.380 e. The van der Waals surface area contributed by atoms with Gasteiger partial charge >= 0.3 is 5.97 Å². The summed E-state index contributed by atoms with van der Waals surface area (Å²) < 4.78 is 20.7. The molecule has 1 atom stereocenters. The summed E-state index contributed by atoms with van der Waals surface area (Å²) in [4.78, 5) is 36.4. The van der Waals surface area contributed by atoms with Crippen molar-refractivity contribution in [3.8, 4) is 0 Å². The Balaban J connectivity index is 2.06. The Labute approximate surface area is 157 Å². The normalized spacial score (nSPS) is 11.8. The van der Waals surface area contributed by atoms with Crippen LogP contribution in [0, 0.1) is 19.7 Å². The number of ether oxygens (including phenoxy) is 1. The van der Waals surface area contributed by atoms with E-state index in [0.29, 0.717) is 15.9 Å². The van der Waals surface area contributed by atoms with Crippen LogP contribution in [-0.2, 0) is 21.4 Å². The fraction of sp³-hybridized carbons (Fsp3) is 0.294. The second-order valence-electron chi connectivity index (χ2n) is 5.66. The highest BCUT2D eigenvalue weighted by Crippen LogP contribution is 2.20. The Morgan fingerprint density at radius 3 is 2.50 bits per heavy atom. The van der Waals surface area contributed by atoms with Crippen LogP contribution in [0.1, 0.15) is 28.7 Å². The fourth-order valence-corrected chi connectivity index (χ4v) is 2.63. The van der Waals surface area contributed by atoms with Gasteiger partial charge in [0, 0.05) is 17.2 Å². The highest BCUT2D eigenvalue weighted by atomic mass is 79.9. The SMILES string of the molecule is Cc1nn(C)c(C)c1C(=O)C(=O)OC(C)C(=O)Nc1ccc(Br)cc1F. The van der Waals surface area contributed by atoms with Crippen LogP contribution >= 0.6 is 15.9 Å². The first kappa shape index (κ1) is 19.8. The summed E-state index contributed by atoms with van der Waals surface area (Å²) in [5, 5.41) is 6.37. The molecule has 26 heavy (non-hydrogen) atoms. The summed E-state index contributed by atoms with van der Waals surface area (Å²) in [6.45, 7) is 4.53. The van der Waals surface area contributed by atoms with E-state index in [4.69, 9.17) is 4.74 Å². The first-order valence-electron chi connectivity index (χ1n) is 7.63. The largest absolute Gasteiger partial charge is 0.447 e. The van der Waals surface area contributed by atoms with Gasteiger partial charge in [-0.1, -0.05) is 15.9 Å². The Kier molecular flexibility index (Phi) is 5.91. The van der Waals surface area contributed by atoms with Gasteiger partial charge in [-0.3, -0.25) is 14.3 Å². The number of aromatic nitrogens is 2. The first-order chi connectivity index (χ1) is 12.1. The Bertz CT molecular complexity index is 894. The van der Waals surface area contributed by atoms with Gasteiger partial charge in [0.25, 0.3) is 11.7 Å². The summed E-state index contributed by atoms with van der Waals surface area (Å²) in [7, 11) is 1.65. The molecule has 1 heterocycles. The molecule has 0 aliphatic rings. The number of esters is 1. The molecule has 0 spiro atoms. The van der Waals surface area contributed by atoms with Gasteiger partial charge in [-0.05, 0) is 39.0 Å². The zero-order valence-electron chi connectivity index (χ0n) is 14.6. The maximum absolute atomic E-state index is 13.8. The number of nitrogens with one attached hydrogen (secondary N) is 1. The molecule has 1 aromatic heterocycles. The number of anilines is 1. The number of rotatable bonds is 5. The maximum atomic E-state index is 13.8. The second-order valence-corrected chi connectivity index (χ2v) is 6.58. The average molecular weight is 426 g/mol. The number of aryl methyl sites for hydroxylation is 2. The second kappa shape index (κ2) is 7.77. The standard InChI is InChI=1S/C17H17BrFN3O4/c1-8-14(9(2)22(4)21-8)15(23)17(25)26-10(3)16(24)20-13-6-5-11(18)7-12(13)19/h5-7,10H,1-4H3,(H,20,24). The van der Waals surface area contributed by atoms with Crippen molar-refractivity contribution in [1.82, 2.24) is 9.78 Å². The number of benzene rings is 1. The minimum atomic E-state index is -1.29. The topological polar surface area (TPSA) is 90.3 Å². The van der Waals surface area contributed by atoms with E-state index in [0.717, 1.165) is 0 Å². The smallest absolute Gasteiger partial charge is 0.380 e. The Morgan fingerprint density at radius 2 is 1.96 bits per heavy atom. The van der Waals surface area contributed by atoms with E-state index in [-0.39, 0.29) is 11.3 Å². The summed E-state index contributed by atoms with van der Waals surface area (Å²) in [5.74, 6) is -3.47. The van der Waals surface area contributed by atoms with Crippen LogP contribution < -0.4 is 5.32 Å². The van der Waals surface area contributed by atoms with Crippen LogP contribution in [0.2, 0.25) is 0 Å². The molecule has 0 radical (unpaired) electrons. The van der Waals surface area contributed by atoms with E-state index < -0.39 is 29.6 Å². The molecule has 0 saturated heterocycles. The first-order valence-corrected chi connectivity index (χ1v) is 8.42. The van der Waals surface area contributed by atoms with Crippen LogP contribution in [0.25, 0.3) is 0 Å². The van der Waals surface area contributed by atoms with Crippen molar-refractivity contribution in [2.24, 2.45) is 7.05 Å². The molecule has 7 nitrogen and oxygen atoms in total. The Hall–Kier alpha value is -2.55. The molecule has 0 fully saturated rings. The van der Waals surface area contributed by atoms with E-state index in [2.05, 4.69) is 26.3 Å². The molecule has 1 aromatic carbocycles. The summed E-state index contributed by atoms with van der Waals surface area (Å²) in [6.07, 6.45) is -1.29. The van der Waals surface area contributed by atoms with E-state index in [1.165, 1.54) is 23.7 Å². The molecule has 0 bridgehead atoms. The minimum Gasteiger partial charge on any atom is -0.447 e. The highest BCUT2D eigenvalue weighted by Gasteiger charge is 2.28. The van der Waals surface area contributed by atoms with E-state index in [1.807, 2.05) is 0 Å². The van der Waals surface area contributed by atoms with Crippen molar-refractivity contribution in [2.75, 3.05) is 5.32 Å². The average Bonchev–Trinajstić information content (AvgIpc) is 2.81. The van der Waals surface area contributed by atoms with Crippen molar-refractivity contribution in [3.63, 3.8) is 0 Å². The zero-order chi connectivity index (χ0) is 19.6. The predicted molar refractivity (Wildman–Crippen MR) is 95.3 cm³/mol. The molecule has 9 heteroatoms. The van der Waals surface area contributed by atoms with Crippen molar-refractivity contribution in [1.29, 1.82) is 0 Å². The number of hydrogen-bond donors (Lipinski definition) is 1. The number of amides is 1. The van der Waals surface area contributed by atoms with Gasteiger partial charge in [-0.25, -0.2) is 9.18 Å². The zero-order valence-corrected chi connectivity index (χ0v) is 16.2. The number of nitrogens with zero attached hydrogens (tertiary/aromatic N) is 2. The molecule has 138 valence electrons. The Morgan fingerprint density at radius 1 is 1.31 bits per heavy atom. The minimum absolute atomic E-state index is 0.0635. The molecule has 2 aromatic rings. The van der Waals surface area contributed by atoms with E-state index >= 15 is 0 Å². The molecule has 1 amide bonds. The van der Waals surface area contributed by atoms with Crippen LogP contribution in [0.4, 0.5) is 10.1 Å². The lowest BCUT2D eigenvalue weighted by atomic mass is 10.1. The van der Waals surface area contributed by atoms with Gasteiger partial charge in [0.2, 0.25) is 0 Å². The van der Waals surface area contributed by atoms with Crippen molar-refractivity contribution in [2.45, 2.75) is 26.9 Å². The van der Waals surface area contributed by atoms with Gasteiger partial charge in [-0.2, -0.15) is 5.10 Å². The van der Waals surface area contributed by atoms with E-state index in [1.54, 1.807) is 27.0 Å². The van der Waals surface area contributed by atoms with Crippen molar-refractivity contribution < 1.29 is 23.5 Å². The molecular formula is C17H17BrFN3O4. The molecule has 1 N–H and O–H groups in total. The number of ketones is 1. The summed E-state index contributed by atoms with van der Waals surface area (Å²) >= 11 is 3.11. The van der Waals surface area contributed by atoms with Crippen LogP contribution in [0.3, 0.4) is 0 Å². The van der Waals surface area contributed by atoms with Gasteiger partial charge in [0.1, 0.15) is 5.82 Å². The molecule has 2 rings (SSSR count). The van der Waals surface area contributed by atoms with Crippen LogP contribution in [-0.4, -0.2) is 33.5 Å². The summed E-state index contributed by atoms with van der Waals surface area (Å²) in [6, 6.07) is 4.09. The van der Waals surface area contributed by atoms with Gasteiger partial charge < -0.3 is 10.1 Å². The van der Waals surface area contributed by atoms with Gasteiger partial charge in [-0.15, -0.1) is 0 Å². The third kappa shape index (κ3) is 4.16. The third-order valence-electron chi connectivity index (χ3n) is 3.76. The van der Waals surface area contributed by atoms with Crippen LogP contribution in [0.15, 0.2) is 22.7 Å². The monoisotopic (exact) mass is 425 g/mol. The lowest BCUT2D eigenvalue weighted by molar-refractivity contribution is -0.148. The molecule has 0 saturated carbocycles. The molecular weight excluding hydrogens is 409 g/mol. The molecule has 0 aliphatic carbocycles. The number of halogens is 2. The quantitative estimate of drug-likeness (QED) is 0.451. The summed E-state index contributed by atoms with van der Waals surface area (Å²) in [5.41, 5.74) is 0.981.